The fourth-order valence-corrected chi connectivity index (χ4v) is 10.8. The Morgan fingerprint density at radius 2 is 1.00 bits per heavy atom. The highest BCUT2D eigenvalue weighted by atomic mass is 32.1. The van der Waals surface area contributed by atoms with Crippen molar-refractivity contribution in [2.45, 2.75) is 0 Å². The predicted molar refractivity (Wildman–Crippen MR) is 226 cm³/mol. The summed E-state index contributed by atoms with van der Waals surface area (Å²) >= 11 is 3.63. The Labute approximate surface area is 305 Å². The van der Waals surface area contributed by atoms with Crippen LogP contribution in [-0.4, -0.2) is 9.97 Å². The molecule has 3 aromatic heterocycles. The van der Waals surface area contributed by atoms with Crippen LogP contribution in [0.15, 0.2) is 158 Å². The number of thiophene rings is 2. The highest BCUT2D eigenvalue weighted by Gasteiger charge is 2.24. The van der Waals surface area contributed by atoms with Crippen molar-refractivity contribution in [3.8, 4) is 22.5 Å². The van der Waals surface area contributed by atoms with Gasteiger partial charge in [-0.3, -0.25) is 0 Å². The maximum atomic E-state index is 5.65. The molecule has 0 fully saturated rings. The van der Waals surface area contributed by atoms with E-state index < -0.39 is 0 Å². The van der Waals surface area contributed by atoms with Gasteiger partial charge in [0.1, 0.15) is 10.3 Å². The fraction of sp³-hybridized carbons (Fsp3) is 0. The zero-order valence-corrected chi connectivity index (χ0v) is 29.4. The van der Waals surface area contributed by atoms with E-state index in [9.17, 15) is 0 Å². The smallest absolute Gasteiger partial charge is 0.143 e. The van der Waals surface area contributed by atoms with Gasteiger partial charge in [-0.2, -0.15) is 0 Å². The van der Waals surface area contributed by atoms with E-state index in [0.717, 1.165) is 38.2 Å². The van der Waals surface area contributed by atoms with Crippen molar-refractivity contribution >= 4 is 117 Å². The first-order chi connectivity index (χ1) is 25.8. The lowest BCUT2D eigenvalue weighted by Gasteiger charge is -2.17. The molecular weight excluding hydrogens is 669 g/mol. The summed E-state index contributed by atoms with van der Waals surface area (Å²) in [5.74, 6) is 0. The summed E-state index contributed by atoms with van der Waals surface area (Å²) in [5.41, 5.74) is 4.98. The molecule has 9 aromatic carbocycles. The van der Waals surface area contributed by atoms with Crippen molar-refractivity contribution in [1.29, 1.82) is 0 Å². The molecule has 12 rings (SSSR count). The molecule has 52 heavy (non-hydrogen) atoms. The average molecular weight is 695 g/mol. The molecular formula is C48H26N2S2. The fourth-order valence-electron chi connectivity index (χ4n) is 8.52. The average Bonchev–Trinajstić information content (AvgIpc) is 3.79. The van der Waals surface area contributed by atoms with E-state index in [-0.39, 0.29) is 0 Å². The van der Waals surface area contributed by atoms with Crippen LogP contribution in [-0.2, 0) is 0 Å². The van der Waals surface area contributed by atoms with E-state index in [1.807, 2.05) is 11.3 Å². The second-order valence-corrected chi connectivity index (χ2v) is 15.7. The van der Waals surface area contributed by atoms with Gasteiger partial charge in [0, 0.05) is 46.8 Å². The van der Waals surface area contributed by atoms with Crippen LogP contribution in [0.5, 0.6) is 0 Å². The summed E-state index contributed by atoms with van der Waals surface area (Å²) in [7, 11) is 0. The normalized spacial score (nSPS) is 12.2. The molecule has 2 nitrogen and oxygen atoms in total. The molecule has 0 radical (unpaired) electrons. The van der Waals surface area contributed by atoms with Crippen LogP contribution in [0.2, 0.25) is 0 Å². The number of rotatable bonds is 2. The highest BCUT2D eigenvalue weighted by molar-refractivity contribution is 7.27. The summed E-state index contributed by atoms with van der Waals surface area (Å²) in [6, 6.07) is 57.5. The van der Waals surface area contributed by atoms with Crippen LogP contribution in [0.1, 0.15) is 0 Å². The lowest BCUT2D eigenvalue weighted by molar-refractivity contribution is 1.32. The lowest BCUT2D eigenvalue weighted by atomic mass is 9.88. The maximum Gasteiger partial charge on any atom is 0.143 e. The molecule has 0 amide bonds. The number of aromatic nitrogens is 2. The van der Waals surface area contributed by atoms with Crippen molar-refractivity contribution in [1.82, 2.24) is 9.97 Å². The Hall–Kier alpha value is -6.20. The van der Waals surface area contributed by atoms with Gasteiger partial charge in [-0.15, -0.1) is 22.7 Å². The topological polar surface area (TPSA) is 25.8 Å². The molecule has 0 N–H and O–H groups in total. The van der Waals surface area contributed by atoms with Crippen LogP contribution >= 0.6 is 22.7 Å². The van der Waals surface area contributed by atoms with Crippen molar-refractivity contribution < 1.29 is 0 Å². The summed E-state index contributed by atoms with van der Waals surface area (Å²) in [5, 5.41) is 16.3. The third kappa shape index (κ3) is 3.93. The Morgan fingerprint density at radius 1 is 0.365 bits per heavy atom. The van der Waals surface area contributed by atoms with E-state index in [1.54, 1.807) is 11.3 Å². The molecule has 0 atom stereocenters. The van der Waals surface area contributed by atoms with Gasteiger partial charge in [-0.05, 0) is 72.7 Å². The number of hydrogen-bond donors (Lipinski definition) is 0. The van der Waals surface area contributed by atoms with Gasteiger partial charge in [0.2, 0.25) is 0 Å². The van der Waals surface area contributed by atoms with Gasteiger partial charge in [-0.1, -0.05) is 133 Å². The zero-order chi connectivity index (χ0) is 33.9. The first-order valence-electron chi connectivity index (χ1n) is 17.6. The van der Waals surface area contributed by atoms with Gasteiger partial charge in [-0.25, -0.2) is 9.97 Å². The first kappa shape index (κ1) is 28.5. The molecule has 0 unspecified atom stereocenters. The molecule has 4 heteroatoms. The summed E-state index contributed by atoms with van der Waals surface area (Å²) in [6.07, 6.45) is 0. The minimum Gasteiger partial charge on any atom is -0.242 e. The van der Waals surface area contributed by atoms with Crippen LogP contribution in [0.3, 0.4) is 0 Å². The second kappa shape index (κ2) is 10.7. The third-order valence-electron chi connectivity index (χ3n) is 10.8. The van der Waals surface area contributed by atoms with Crippen molar-refractivity contribution in [3.05, 3.63) is 158 Å². The van der Waals surface area contributed by atoms with Gasteiger partial charge in [0.05, 0.1) is 11.4 Å². The molecule has 0 saturated carbocycles. The molecule has 0 aliphatic heterocycles. The highest BCUT2D eigenvalue weighted by Crippen LogP contribution is 2.51. The number of fused-ring (bicyclic) bond motifs is 16. The molecule has 3 heterocycles. The van der Waals surface area contributed by atoms with E-state index in [1.165, 1.54) is 78.7 Å². The van der Waals surface area contributed by atoms with Crippen LogP contribution in [0.25, 0.3) is 117 Å². The lowest BCUT2D eigenvalue weighted by Crippen LogP contribution is -1.96. The largest absolute Gasteiger partial charge is 0.242 e. The number of benzene rings is 9. The summed E-state index contributed by atoms with van der Waals surface area (Å²) in [4.78, 5) is 12.2. The Balaban J connectivity index is 1.33. The van der Waals surface area contributed by atoms with Crippen molar-refractivity contribution in [3.63, 3.8) is 0 Å². The minimum absolute atomic E-state index is 0.909. The number of hydrogen-bond acceptors (Lipinski definition) is 4. The Kier molecular flexibility index (Phi) is 5.84. The molecule has 0 bridgehead atoms. The Bertz CT molecular complexity index is 3480. The van der Waals surface area contributed by atoms with Gasteiger partial charge in [0.25, 0.3) is 0 Å². The van der Waals surface area contributed by atoms with E-state index in [4.69, 9.17) is 9.97 Å². The molecule has 0 spiro atoms. The SMILES string of the molecule is c1ccc2cc(-c3nc4c(nc3-c3cc5ccccc5c5c6ccccc6c6c(sc7ccc8ccccc8c76)c35)sc3ccccc34)ccc2c1. The molecule has 240 valence electrons. The zero-order valence-electron chi connectivity index (χ0n) is 27.7. The van der Waals surface area contributed by atoms with E-state index in [0.29, 0.717) is 0 Å². The van der Waals surface area contributed by atoms with Crippen LogP contribution in [0, 0.1) is 0 Å². The maximum absolute atomic E-state index is 5.65. The van der Waals surface area contributed by atoms with Gasteiger partial charge in [0.15, 0.2) is 0 Å². The van der Waals surface area contributed by atoms with E-state index >= 15 is 0 Å². The molecule has 0 aliphatic rings. The monoisotopic (exact) mass is 694 g/mol. The quantitative estimate of drug-likeness (QED) is 0.168. The number of nitrogens with zero attached hydrogens (tertiary/aromatic N) is 2. The van der Waals surface area contributed by atoms with Crippen molar-refractivity contribution in [2.24, 2.45) is 0 Å². The second-order valence-electron chi connectivity index (χ2n) is 13.6. The third-order valence-corrected chi connectivity index (χ3v) is 13.0. The van der Waals surface area contributed by atoms with Crippen LogP contribution < -0.4 is 0 Å². The molecule has 0 aliphatic carbocycles. The van der Waals surface area contributed by atoms with Crippen molar-refractivity contribution in [2.75, 3.05) is 0 Å². The minimum atomic E-state index is 0.909. The van der Waals surface area contributed by atoms with Gasteiger partial charge >= 0.3 is 0 Å². The Morgan fingerprint density at radius 3 is 1.83 bits per heavy atom. The van der Waals surface area contributed by atoms with E-state index in [2.05, 4.69) is 158 Å². The summed E-state index contributed by atoms with van der Waals surface area (Å²) < 4.78 is 3.79. The standard InChI is InChI=1S/C48H26N2S2/c1-2-13-29-25-31(22-21-27(29)11-1)44-45(50-48-46(49-44)36-19-9-10-20-38(36)52-48)37-26-30-14-4-6-16-33(30)40-34-17-7-8-18-35(34)42-41-32-15-5-3-12-28(32)23-24-39(41)51-47(42)43(37)40/h1-26H. The predicted octanol–water partition coefficient (Wildman–Crippen LogP) is 14.3. The first-order valence-corrected chi connectivity index (χ1v) is 19.2. The summed E-state index contributed by atoms with van der Waals surface area (Å²) in [6.45, 7) is 0. The van der Waals surface area contributed by atoms with Gasteiger partial charge < -0.3 is 0 Å². The molecule has 12 aromatic rings. The van der Waals surface area contributed by atoms with Crippen LogP contribution in [0.4, 0.5) is 0 Å². The molecule has 0 saturated heterocycles.